The number of amides is 1. The highest BCUT2D eigenvalue weighted by molar-refractivity contribution is 5.93. The van der Waals surface area contributed by atoms with Gasteiger partial charge in [-0.1, -0.05) is 20.8 Å². The number of aromatic nitrogens is 3. The van der Waals surface area contributed by atoms with E-state index in [9.17, 15) is 4.79 Å². The van der Waals surface area contributed by atoms with Gasteiger partial charge < -0.3 is 5.32 Å². The maximum atomic E-state index is 11.9. The molecule has 1 amide bonds. The van der Waals surface area contributed by atoms with Crippen LogP contribution >= 0.6 is 0 Å². The van der Waals surface area contributed by atoms with Gasteiger partial charge in [-0.15, -0.1) is 0 Å². The van der Waals surface area contributed by atoms with Crippen molar-refractivity contribution in [2.75, 3.05) is 5.32 Å². The molecule has 5 nitrogen and oxygen atoms in total. The molecule has 2 heterocycles. The van der Waals surface area contributed by atoms with E-state index in [-0.39, 0.29) is 5.91 Å². The number of rotatable bonds is 2. The lowest BCUT2D eigenvalue weighted by Gasteiger charge is -2.17. The first-order chi connectivity index (χ1) is 8.97. The molecule has 1 N–H and O–H groups in total. The van der Waals surface area contributed by atoms with Crippen molar-refractivity contribution in [3.8, 4) is 11.4 Å². The van der Waals surface area contributed by atoms with Gasteiger partial charge in [-0.25, -0.2) is 9.97 Å². The second-order valence-corrected chi connectivity index (χ2v) is 5.21. The molecule has 0 aliphatic carbocycles. The zero-order valence-electron chi connectivity index (χ0n) is 11.2. The summed E-state index contributed by atoms with van der Waals surface area (Å²) < 4.78 is 0. The third-order valence-corrected chi connectivity index (χ3v) is 2.50. The van der Waals surface area contributed by atoms with Crippen LogP contribution in [-0.4, -0.2) is 20.9 Å². The molecule has 0 bridgehead atoms. The number of pyridine rings is 1. The maximum absolute atomic E-state index is 11.9. The summed E-state index contributed by atoms with van der Waals surface area (Å²) in [5.74, 6) is 0.955. The summed E-state index contributed by atoms with van der Waals surface area (Å²) in [6, 6.07) is 5.36. The van der Waals surface area contributed by atoms with Gasteiger partial charge in [0.25, 0.3) is 0 Å². The van der Waals surface area contributed by atoms with Gasteiger partial charge in [0.1, 0.15) is 5.82 Å². The van der Waals surface area contributed by atoms with Crippen LogP contribution in [0.15, 0.2) is 36.8 Å². The summed E-state index contributed by atoms with van der Waals surface area (Å²) in [4.78, 5) is 24.4. The Hall–Kier alpha value is -2.30. The van der Waals surface area contributed by atoms with Crippen LogP contribution in [0.25, 0.3) is 11.4 Å². The molecule has 2 aromatic heterocycles. The predicted octanol–water partition coefficient (Wildman–Crippen LogP) is 2.52. The molecule has 5 heteroatoms. The monoisotopic (exact) mass is 256 g/mol. The van der Waals surface area contributed by atoms with E-state index in [1.165, 1.54) is 0 Å². The average molecular weight is 256 g/mol. The highest BCUT2D eigenvalue weighted by Gasteiger charge is 2.21. The smallest absolute Gasteiger partial charge is 0.230 e. The zero-order chi connectivity index (χ0) is 13.9. The van der Waals surface area contributed by atoms with Crippen LogP contribution in [0.2, 0.25) is 0 Å². The van der Waals surface area contributed by atoms with E-state index in [1.54, 1.807) is 24.7 Å². The van der Waals surface area contributed by atoms with Crippen molar-refractivity contribution in [2.45, 2.75) is 20.8 Å². The van der Waals surface area contributed by atoms with Crippen molar-refractivity contribution in [1.29, 1.82) is 0 Å². The van der Waals surface area contributed by atoms with Crippen molar-refractivity contribution in [2.24, 2.45) is 5.41 Å². The minimum absolute atomic E-state index is 0.0802. The highest BCUT2D eigenvalue weighted by atomic mass is 16.2. The molecule has 2 aromatic rings. The summed E-state index contributed by atoms with van der Waals surface area (Å²) >= 11 is 0. The average Bonchev–Trinajstić information content (AvgIpc) is 2.39. The van der Waals surface area contributed by atoms with Crippen molar-refractivity contribution >= 4 is 11.7 Å². The molecule has 0 unspecified atom stereocenters. The van der Waals surface area contributed by atoms with E-state index < -0.39 is 5.41 Å². The van der Waals surface area contributed by atoms with E-state index in [0.717, 1.165) is 5.56 Å². The topological polar surface area (TPSA) is 67.8 Å². The second-order valence-electron chi connectivity index (χ2n) is 5.21. The van der Waals surface area contributed by atoms with Gasteiger partial charge in [-0.05, 0) is 18.2 Å². The number of carbonyl (C=O) groups excluding carboxylic acids is 1. The molecule has 0 spiro atoms. The fourth-order valence-electron chi connectivity index (χ4n) is 1.37. The number of carbonyl (C=O) groups is 1. The molecule has 0 aliphatic heterocycles. The molecule has 0 aromatic carbocycles. The Balaban J connectivity index is 2.24. The van der Waals surface area contributed by atoms with Gasteiger partial charge in [0.2, 0.25) is 5.91 Å². The molecular weight excluding hydrogens is 240 g/mol. The van der Waals surface area contributed by atoms with Gasteiger partial charge in [-0.2, -0.15) is 0 Å². The van der Waals surface area contributed by atoms with Gasteiger partial charge in [-0.3, -0.25) is 9.78 Å². The lowest BCUT2D eigenvalue weighted by Crippen LogP contribution is -2.28. The molecule has 0 atom stereocenters. The largest absolute Gasteiger partial charge is 0.310 e. The predicted molar refractivity (Wildman–Crippen MR) is 73.3 cm³/mol. The number of anilines is 1. The Morgan fingerprint density at radius 3 is 2.63 bits per heavy atom. The SMILES string of the molecule is CC(C)(C)C(=O)Nc1ccnc(-c2cccnc2)n1. The zero-order valence-corrected chi connectivity index (χ0v) is 11.2. The number of hydrogen-bond acceptors (Lipinski definition) is 4. The molecular formula is C14H16N4O. The quantitative estimate of drug-likeness (QED) is 0.896. The second kappa shape index (κ2) is 5.14. The fraction of sp³-hybridized carbons (Fsp3) is 0.286. The van der Waals surface area contributed by atoms with Crippen LogP contribution in [0.3, 0.4) is 0 Å². The van der Waals surface area contributed by atoms with Crippen LogP contribution in [0.5, 0.6) is 0 Å². The van der Waals surface area contributed by atoms with E-state index in [0.29, 0.717) is 11.6 Å². The van der Waals surface area contributed by atoms with E-state index in [1.807, 2.05) is 32.9 Å². The summed E-state index contributed by atoms with van der Waals surface area (Å²) in [6.07, 6.45) is 4.99. The minimum atomic E-state index is -0.459. The van der Waals surface area contributed by atoms with Gasteiger partial charge in [0, 0.05) is 29.6 Å². The van der Waals surface area contributed by atoms with Gasteiger partial charge >= 0.3 is 0 Å². The highest BCUT2D eigenvalue weighted by Crippen LogP contribution is 2.18. The fourth-order valence-corrected chi connectivity index (χ4v) is 1.37. The summed E-state index contributed by atoms with van der Waals surface area (Å²) in [5.41, 5.74) is 0.355. The summed E-state index contributed by atoms with van der Waals surface area (Å²) in [6.45, 7) is 5.56. The standard InChI is InChI=1S/C14H16N4O/c1-14(2,3)13(19)18-11-6-8-16-12(17-11)10-5-4-7-15-9-10/h4-9H,1-3H3,(H,16,17,18,19). The Morgan fingerprint density at radius 2 is 2.00 bits per heavy atom. The number of hydrogen-bond donors (Lipinski definition) is 1. The number of nitrogens with zero attached hydrogens (tertiary/aromatic N) is 3. The molecule has 0 saturated carbocycles. The van der Waals surface area contributed by atoms with Crippen LogP contribution in [0.1, 0.15) is 20.8 Å². The Labute approximate surface area is 112 Å². The Bertz CT molecular complexity index is 575. The molecule has 0 aliphatic rings. The third-order valence-electron chi connectivity index (χ3n) is 2.50. The molecule has 0 fully saturated rings. The molecule has 19 heavy (non-hydrogen) atoms. The minimum Gasteiger partial charge on any atom is -0.310 e. The lowest BCUT2D eigenvalue weighted by molar-refractivity contribution is -0.123. The Kier molecular flexibility index (Phi) is 3.55. The van der Waals surface area contributed by atoms with E-state index in [2.05, 4.69) is 20.3 Å². The summed E-state index contributed by atoms with van der Waals surface area (Å²) in [7, 11) is 0. The van der Waals surface area contributed by atoms with Gasteiger partial charge in [0.05, 0.1) is 0 Å². The summed E-state index contributed by atoms with van der Waals surface area (Å²) in [5, 5.41) is 2.78. The first-order valence-corrected chi connectivity index (χ1v) is 6.02. The normalized spacial score (nSPS) is 11.1. The van der Waals surface area contributed by atoms with E-state index >= 15 is 0 Å². The molecule has 0 saturated heterocycles. The van der Waals surface area contributed by atoms with E-state index in [4.69, 9.17) is 0 Å². The lowest BCUT2D eigenvalue weighted by atomic mass is 9.96. The maximum Gasteiger partial charge on any atom is 0.230 e. The van der Waals surface area contributed by atoms with Crippen molar-refractivity contribution in [3.05, 3.63) is 36.8 Å². The Morgan fingerprint density at radius 1 is 1.21 bits per heavy atom. The van der Waals surface area contributed by atoms with Crippen molar-refractivity contribution in [3.63, 3.8) is 0 Å². The molecule has 2 rings (SSSR count). The van der Waals surface area contributed by atoms with Crippen LogP contribution in [0.4, 0.5) is 5.82 Å². The van der Waals surface area contributed by atoms with Crippen LogP contribution in [-0.2, 0) is 4.79 Å². The number of nitrogens with one attached hydrogen (secondary N) is 1. The van der Waals surface area contributed by atoms with Crippen molar-refractivity contribution < 1.29 is 4.79 Å². The first-order valence-electron chi connectivity index (χ1n) is 6.02. The third kappa shape index (κ3) is 3.34. The molecule has 0 radical (unpaired) electrons. The van der Waals surface area contributed by atoms with Crippen LogP contribution in [0, 0.1) is 5.41 Å². The van der Waals surface area contributed by atoms with Gasteiger partial charge in [0.15, 0.2) is 5.82 Å². The first kappa shape index (κ1) is 13.1. The van der Waals surface area contributed by atoms with Crippen LogP contribution < -0.4 is 5.32 Å². The molecule has 98 valence electrons. The van der Waals surface area contributed by atoms with Crippen molar-refractivity contribution in [1.82, 2.24) is 15.0 Å².